The van der Waals surface area contributed by atoms with Crippen molar-refractivity contribution in [1.29, 1.82) is 0 Å². The summed E-state index contributed by atoms with van der Waals surface area (Å²) in [5, 5.41) is 4.99. The van der Waals surface area contributed by atoms with E-state index in [0.717, 1.165) is 52.8 Å². The first-order valence-electron chi connectivity index (χ1n) is 7.87. The Morgan fingerprint density at radius 1 is 1.21 bits per heavy atom. The summed E-state index contributed by atoms with van der Waals surface area (Å²) in [5.74, 6) is 0.0775. The van der Waals surface area contributed by atoms with E-state index in [1.54, 1.807) is 23.1 Å². The summed E-state index contributed by atoms with van der Waals surface area (Å²) in [6.07, 6.45) is 4.70. The van der Waals surface area contributed by atoms with E-state index < -0.39 is 0 Å². The molecule has 1 aromatic carbocycles. The summed E-state index contributed by atoms with van der Waals surface area (Å²) < 4.78 is 1.04. The van der Waals surface area contributed by atoms with Gasteiger partial charge in [-0.3, -0.25) is 4.79 Å². The summed E-state index contributed by atoms with van der Waals surface area (Å²) in [6, 6.07) is 7.90. The molecule has 2 aromatic rings. The van der Waals surface area contributed by atoms with Crippen molar-refractivity contribution in [1.82, 2.24) is 4.98 Å². The molecule has 0 unspecified atom stereocenters. The van der Waals surface area contributed by atoms with Gasteiger partial charge in [-0.2, -0.15) is 0 Å². The molecule has 0 saturated heterocycles. The van der Waals surface area contributed by atoms with Gasteiger partial charge in [0.1, 0.15) is 0 Å². The number of hydrogen-bond acceptors (Lipinski definition) is 5. The molecule has 0 bridgehead atoms. The van der Waals surface area contributed by atoms with Crippen LogP contribution in [0, 0.1) is 6.92 Å². The second-order valence-corrected chi connectivity index (χ2v) is 7.56. The third-order valence-corrected chi connectivity index (χ3v) is 5.36. The summed E-state index contributed by atoms with van der Waals surface area (Å²) in [6.45, 7) is 2.73. The highest BCUT2D eigenvalue weighted by atomic mass is 35.5. The number of hydrogen-bond donors (Lipinski definition) is 2. The summed E-state index contributed by atoms with van der Waals surface area (Å²) >= 11 is 3.29. The number of unbranched alkanes of at least 4 members (excludes halogenated alkanes) is 3. The number of carbonyl (C=O) groups is 1. The lowest BCUT2D eigenvalue weighted by Crippen LogP contribution is -2.11. The van der Waals surface area contributed by atoms with Gasteiger partial charge in [0.15, 0.2) is 4.34 Å². The number of halogens is 1. The normalized spacial score (nSPS) is 10.2. The SMILES string of the molecule is Cc1csc(Sc2ccc(NC(=O)CCCCCCN)cc2)n1.Cl. The average molecular weight is 386 g/mol. The zero-order valence-electron chi connectivity index (χ0n) is 13.8. The number of anilines is 1. The maximum atomic E-state index is 11.9. The molecule has 0 aliphatic carbocycles. The fourth-order valence-corrected chi connectivity index (χ4v) is 3.90. The van der Waals surface area contributed by atoms with Crippen molar-refractivity contribution < 1.29 is 4.79 Å². The van der Waals surface area contributed by atoms with Crippen LogP contribution in [0.25, 0.3) is 0 Å². The van der Waals surface area contributed by atoms with Gasteiger partial charge < -0.3 is 11.1 Å². The predicted molar refractivity (Wildman–Crippen MR) is 105 cm³/mol. The highest BCUT2D eigenvalue weighted by Gasteiger charge is 2.04. The van der Waals surface area contributed by atoms with E-state index in [4.69, 9.17) is 5.73 Å². The zero-order chi connectivity index (χ0) is 16.5. The molecule has 1 amide bonds. The fraction of sp³-hybridized carbons (Fsp3) is 0.412. The third kappa shape index (κ3) is 7.66. The minimum Gasteiger partial charge on any atom is -0.330 e. The van der Waals surface area contributed by atoms with E-state index >= 15 is 0 Å². The zero-order valence-corrected chi connectivity index (χ0v) is 16.2. The number of nitrogens with two attached hydrogens (primary N) is 1. The number of benzene rings is 1. The highest BCUT2D eigenvalue weighted by Crippen LogP contribution is 2.30. The van der Waals surface area contributed by atoms with Crippen molar-refractivity contribution in [3.05, 3.63) is 35.3 Å². The number of nitrogens with one attached hydrogen (secondary N) is 1. The molecule has 0 aliphatic rings. The molecule has 0 radical (unpaired) electrons. The number of amides is 1. The minimum atomic E-state index is 0. The first-order valence-corrected chi connectivity index (χ1v) is 9.57. The molecule has 3 N–H and O–H groups in total. The van der Waals surface area contributed by atoms with Gasteiger partial charge >= 0.3 is 0 Å². The second kappa shape index (κ2) is 11.5. The van der Waals surface area contributed by atoms with Crippen LogP contribution < -0.4 is 11.1 Å². The van der Waals surface area contributed by atoms with Crippen LogP contribution in [0.2, 0.25) is 0 Å². The van der Waals surface area contributed by atoms with Gasteiger partial charge in [0.05, 0.1) is 0 Å². The van der Waals surface area contributed by atoms with Gasteiger partial charge in [0.2, 0.25) is 5.91 Å². The number of carbonyl (C=O) groups excluding carboxylic acids is 1. The third-order valence-electron chi connectivity index (χ3n) is 3.30. The molecule has 0 aliphatic heterocycles. The van der Waals surface area contributed by atoms with E-state index in [2.05, 4.69) is 10.3 Å². The van der Waals surface area contributed by atoms with Crippen LogP contribution >= 0.6 is 35.5 Å². The first kappa shape index (κ1) is 21.0. The van der Waals surface area contributed by atoms with Crippen molar-refractivity contribution in [2.24, 2.45) is 5.73 Å². The maximum absolute atomic E-state index is 11.9. The van der Waals surface area contributed by atoms with Crippen LogP contribution in [0.1, 0.15) is 37.8 Å². The molecule has 1 aromatic heterocycles. The second-order valence-electron chi connectivity index (χ2n) is 5.38. The van der Waals surface area contributed by atoms with Gasteiger partial charge in [-0.15, -0.1) is 23.7 Å². The molecule has 132 valence electrons. The van der Waals surface area contributed by atoms with Crippen LogP contribution in [0.5, 0.6) is 0 Å². The molecule has 1 heterocycles. The molecule has 0 spiro atoms. The van der Waals surface area contributed by atoms with E-state index in [1.807, 2.05) is 36.6 Å². The standard InChI is InChI=1S/C17H23N3OS2.ClH/c1-13-12-22-17(19-13)23-15-9-7-14(8-10-15)20-16(21)6-4-2-3-5-11-18;/h7-10,12H,2-6,11,18H2,1H3,(H,20,21);1H. The quantitative estimate of drug-likeness (QED) is 0.604. The van der Waals surface area contributed by atoms with Crippen molar-refractivity contribution >= 4 is 47.1 Å². The summed E-state index contributed by atoms with van der Waals surface area (Å²) in [5.41, 5.74) is 7.34. The maximum Gasteiger partial charge on any atom is 0.224 e. The summed E-state index contributed by atoms with van der Waals surface area (Å²) in [7, 11) is 0. The van der Waals surface area contributed by atoms with Gasteiger partial charge in [-0.25, -0.2) is 4.98 Å². The van der Waals surface area contributed by atoms with E-state index in [9.17, 15) is 4.79 Å². The van der Waals surface area contributed by atoms with Crippen molar-refractivity contribution in [3.63, 3.8) is 0 Å². The Hall–Kier alpha value is -1.08. The number of aromatic nitrogens is 1. The Bertz CT molecular complexity index is 617. The number of nitrogens with zero attached hydrogens (tertiary/aromatic N) is 1. The van der Waals surface area contributed by atoms with Gasteiger partial charge in [0.25, 0.3) is 0 Å². The van der Waals surface area contributed by atoms with Gasteiger partial charge in [-0.05, 0) is 50.6 Å². The van der Waals surface area contributed by atoms with E-state index in [-0.39, 0.29) is 18.3 Å². The van der Waals surface area contributed by atoms with Crippen LogP contribution in [0.3, 0.4) is 0 Å². The molecular formula is C17H24ClN3OS2. The smallest absolute Gasteiger partial charge is 0.224 e. The Morgan fingerprint density at radius 3 is 2.54 bits per heavy atom. The first-order chi connectivity index (χ1) is 11.2. The van der Waals surface area contributed by atoms with Gasteiger partial charge in [-0.1, -0.05) is 24.6 Å². The monoisotopic (exact) mass is 385 g/mol. The number of rotatable bonds is 9. The molecule has 4 nitrogen and oxygen atoms in total. The highest BCUT2D eigenvalue weighted by molar-refractivity contribution is 8.01. The molecular weight excluding hydrogens is 362 g/mol. The lowest BCUT2D eigenvalue weighted by Gasteiger charge is -2.06. The minimum absolute atomic E-state index is 0. The van der Waals surface area contributed by atoms with Crippen molar-refractivity contribution in [3.8, 4) is 0 Å². The summed E-state index contributed by atoms with van der Waals surface area (Å²) in [4.78, 5) is 17.4. The Kier molecular flexibility index (Phi) is 10.0. The Morgan fingerprint density at radius 2 is 1.92 bits per heavy atom. The number of aryl methyl sites for hydroxylation is 1. The van der Waals surface area contributed by atoms with Crippen molar-refractivity contribution in [2.45, 2.75) is 48.3 Å². The van der Waals surface area contributed by atoms with Crippen molar-refractivity contribution in [2.75, 3.05) is 11.9 Å². The van der Waals surface area contributed by atoms with Crippen LogP contribution in [0.4, 0.5) is 5.69 Å². The molecule has 0 fully saturated rings. The Labute approximate surface area is 158 Å². The van der Waals surface area contributed by atoms with Crippen LogP contribution in [-0.4, -0.2) is 17.4 Å². The lowest BCUT2D eigenvalue weighted by atomic mass is 10.1. The fourth-order valence-electron chi connectivity index (χ4n) is 2.09. The Balaban J connectivity index is 0.00000288. The molecule has 7 heteroatoms. The lowest BCUT2D eigenvalue weighted by molar-refractivity contribution is -0.116. The van der Waals surface area contributed by atoms with E-state index in [0.29, 0.717) is 6.42 Å². The molecule has 0 atom stereocenters. The molecule has 2 rings (SSSR count). The molecule has 24 heavy (non-hydrogen) atoms. The average Bonchev–Trinajstić information content (AvgIpc) is 2.94. The van der Waals surface area contributed by atoms with E-state index in [1.165, 1.54) is 0 Å². The van der Waals surface area contributed by atoms with Gasteiger partial charge in [0, 0.05) is 28.1 Å². The van der Waals surface area contributed by atoms with Crippen LogP contribution in [-0.2, 0) is 4.79 Å². The van der Waals surface area contributed by atoms with Crippen LogP contribution in [0.15, 0.2) is 38.9 Å². The molecule has 0 saturated carbocycles. The predicted octanol–water partition coefficient (Wildman–Crippen LogP) is 4.87. The topological polar surface area (TPSA) is 68.0 Å². The largest absolute Gasteiger partial charge is 0.330 e. The number of thiazole rings is 1.